The van der Waals surface area contributed by atoms with Gasteiger partial charge in [-0.25, -0.2) is 37.2 Å². The van der Waals surface area contributed by atoms with Crippen LogP contribution in [0.5, 0.6) is 5.75 Å². The lowest BCUT2D eigenvalue weighted by Gasteiger charge is -2.28. The Morgan fingerprint density at radius 2 is 1.57 bits per heavy atom. The molecule has 25 heteroatoms. The second kappa shape index (κ2) is 15.3. The van der Waals surface area contributed by atoms with Gasteiger partial charge in [-0.2, -0.15) is 34.8 Å². The highest BCUT2D eigenvalue weighted by molar-refractivity contribution is 9.10. The number of benzene rings is 3. The van der Waals surface area contributed by atoms with Gasteiger partial charge in [-0.05, 0) is 66.9 Å². The number of hydrogen-bond donors (Lipinski definition) is 3. The van der Waals surface area contributed by atoms with Gasteiger partial charge in [0.05, 0.1) is 28.3 Å². The third-order valence-electron chi connectivity index (χ3n) is 7.15. The van der Waals surface area contributed by atoms with Crippen LogP contribution in [0.1, 0.15) is 36.3 Å². The first kappa shape index (κ1) is 42.3. The fourth-order valence-corrected chi connectivity index (χ4v) is 7.54. The third-order valence-corrected chi connectivity index (χ3v) is 10.2. The molecule has 0 aliphatic rings. The van der Waals surface area contributed by atoms with Gasteiger partial charge in [0.1, 0.15) is 16.8 Å². The minimum atomic E-state index is -5.61. The van der Waals surface area contributed by atoms with Crippen LogP contribution in [0.3, 0.4) is 0 Å². The predicted octanol–water partition coefficient (Wildman–Crippen LogP) is 5.93. The van der Waals surface area contributed by atoms with Gasteiger partial charge in [-0.3, -0.25) is 0 Å². The van der Waals surface area contributed by atoms with E-state index in [0.29, 0.717) is 18.2 Å². The molecule has 0 aliphatic heterocycles. The summed E-state index contributed by atoms with van der Waals surface area (Å²) in [6.45, 7) is 1.16. The van der Waals surface area contributed by atoms with E-state index in [1.165, 1.54) is 0 Å². The number of halogens is 10. The van der Waals surface area contributed by atoms with Crippen molar-refractivity contribution in [2.75, 3.05) is 4.31 Å². The maximum absolute atomic E-state index is 13.6. The number of fused-ring (bicyclic) bond motifs is 1. The number of carbonyl (C=O) groups excluding carboxylic acids is 2. The first-order chi connectivity index (χ1) is 24.7. The molecule has 0 bridgehead atoms. The van der Waals surface area contributed by atoms with Gasteiger partial charge < -0.3 is 14.5 Å². The molecular weight excluding hydrogens is 861 g/mol. The van der Waals surface area contributed by atoms with E-state index in [1.807, 2.05) is 0 Å². The standard InChI is InChI=1S/C29H23BrF9N5O8S2/c1-2-21(25(45)51-26(46)28(34,35)36)44(54(40,49)50)17-7-3-14(4-8-17)11-20(24-41-18-9-5-15(27(31,32)33)12-19(18)42-24)43-53(47,48)23-10-6-16(30)13-22(23)52-29(37,38)39/h3-10,12-13,20-21,43H,2,11H2,1H3,(H,41,42)(H2,40,49,50). The smallest absolute Gasteiger partial charge is 0.404 e. The zero-order chi connectivity index (χ0) is 40.6. The maximum atomic E-state index is 13.6. The lowest BCUT2D eigenvalue weighted by molar-refractivity contribution is -0.275. The van der Waals surface area contributed by atoms with Crippen molar-refractivity contribution in [2.45, 2.75) is 55.5 Å². The van der Waals surface area contributed by atoms with Crippen LogP contribution in [0.2, 0.25) is 0 Å². The maximum Gasteiger partial charge on any atom is 0.573 e. The van der Waals surface area contributed by atoms with E-state index >= 15 is 0 Å². The molecule has 0 amide bonds. The number of aromatic nitrogens is 2. The zero-order valence-corrected chi connectivity index (χ0v) is 29.9. The van der Waals surface area contributed by atoms with Crippen molar-refractivity contribution in [2.24, 2.45) is 5.14 Å². The summed E-state index contributed by atoms with van der Waals surface area (Å²) >= 11 is 2.92. The number of sulfonamides is 1. The number of rotatable bonds is 12. The third kappa shape index (κ3) is 10.4. The second-order valence-corrected chi connectivity index (χ2v) is 15.0. The summed E-state index contributed by atoms with van der Waals surface area (Å²) < 4.78 is 180. The van der Waals surface area contributed by atoms with E-state index in [-0.39, 0.29) is 31.2 Å². The number of anilines is 1. The van der Waals surface area contributed by atoms with Crippen LogP contribution in [-0.2, 0) is 47.2 Å². The van der Waals surface area contributed by atoms with Crippen molar-refractivity contribution in [3.8, 4) is 5.75 Å². The number of nitrogens with zero attached hydrogens (tertiary/aromatic N) is 2. The molecule has 54 heavy (non-hydrogen) atoms. The van der Waals surface area contributed by atoms with Crippen LogP contribution in [0.4, 0.5) is 45.2 Å². The summed E-state index contributed by atoms with van der Waals surface area (Å²) in [6.07, 6.45) is -16.8. The first-order valence-electron chi connectivity index (χ1n) is 14.6. The fourth-order valence-electron chi connectivity index (χ4n) is 4.88. The Balaban J connectivity index is 1.76. The molecule has 4 rings (SSSR count). The van der Waals surface area contributed by atoms with Crippen molar-refractivity contribution in [1.29, 1.82) is 0 Å². The molecular formula is C29H23BrF9N5O8S2. The Labute approximate surface area is 307 Å². The van der Waals surface area contributed by atoms with Crippen LogP contribution in [0.15, 0.2) is 70.0 Å². The number of ether oxygens (including phenoxy) is 2. The monoisotopic (exact) mass is 883 g/mol. The number of carbonyl (C=O) groups is 2. The van der Waals surface area contributed by atoms with Crippen molar-refractivity contribution < 1.29 is 75.4 Å². The van der Waals surface area contributed by atoms with Gasteiger partial charge in [-0.15, -0.1) is 13.2 Å². The topological polar surface area (TPSA) is 191 Å². The zero-order valence-electron chi connectivity index (χ0n) is 26.7. The molecule has 294 valence electrons. The number of hydrogen-bond acceptors (Lipinski definition) is 9. The second-order valence-electron chi connectivity index (χ2n) is 11.0. The highest BCUT2D eigenvalue weighted by Crippen LogP contribution is 2.35. The average molecular weight is 885 g/mol. The highest BCUT2D eigenvalue weighted by Gasteiger charge is 2.45. The molecule has 4 aromatic rings. The van der Waals surface area contributed by atoms with Gasteiger partial charge in [0.2, 0.25) is 10.0 Å². The van der Waals surface area contributed by atoms with Crippen LogP contribution >= 0.6 is 15.9 Å². The lowest BCUT2D eigenvalue weighted by atomic mass is 10.1. The highest BCUT2D eigenvalue weighted by atomic mass is 79.9. The normalized spacial score (nSPS) is 14.1. The van der Waals surface area contributed by atoms with Crippen molar-refractivity contribution in [3.05, 3.63) is 82.1 Å². The summed E-state index contributed by atoms with van der Waals surface area (Å²) in [7, 11) is -9.97. The van der Waals surface area contributed by atoms with E-state index in [0.717, 1.165) is 49.4 Å². The quantitative estimate of drug-likeness (QED) is 0.0880. The summed E-state index contributed by atoms with van der Waals surface area (Å²) in [6, 6.07) is 5.43. The van der Waals surface area contributed by atoms with E-state index in [1.54, 1.807) is 0 Å². The van der Waals surface area contributed by atoms with E-state index in [2.05, 4.69) is 40.1 Å². The average Bonchev–Trinajstić information content (AvgIpc) is 3.45. The van der Waals surface area contributed by atoms with Gasteiger partial charge in [0, 0.05) is 4.47 Å². The molecule has 0 spiro atoms. The molecule has 1 heterocycles. The van der Waals surface area contributed by atoms with Crippen molar-refractivity contribution in [3.63, 3.8) is 0 Å². The molecule has 0 aliphatic carbocycles. The van der Waals surface area contributed by atoms with Gasteiger partial charge >= 0.3 is 30.7 Å². The molecule has 4 N–H and O–H groups in total. The number of imidazole rings is 1. The summed E-state index contributed by atoms with van der Waals surface area (Å²) in [5.74, 6) is -6.34. The minimum Gasteiger partial charge on any atom is -0.404 e. The van der Waals surface area contributed by atoms with Crippen LogP contribution in [0.25, 0.3) is 11.0 Å². The minimum absolute atomic E-state index is 0.00541. The number of nitrogens with one attached hydrogen (secondary N) is 2. The van der Waals surface area contributed by atoms with Crippen LogP contribution in [0, 0.1) is 0 Å². The van der Waals surface area contributed by atoms with Crippen molar-refractivity contribution >= 4 is 64.8 Å². The van der Waals surface area contributed by atoms with Gasteiger partial charge in [-0.1, -0.05) is 35.0 Å². The Bertz CT molecular complexity index is 2270. The summed E-state index contributed by atoms with van der Waals surface area (Å²) in [5.41, 5.74) is -1.76. The predicted molar refractivity (Wildman–Crippen MR) is 172 cm³/mol. The molecule has 0 saturated heterocycles. The van der Waals surface area contributed by atoms with Gasteiger partial charge in [0.25, 0.3) is 10.2 Å². The number of H-pyrrole nitrogens is 1. The SMILES string of the molecule is CCC(C(=O)OC(=O)C(F)(F)F)N(c1ccc(CC(NS(=O)(=O)c2ccc(Br)cc2OC(F)(F)F)c2nc3cc(C(F)(F)F)ccc3[nH]2)cc1)S(N)(=O)=O. The molecule has 2 atom stereocenters. The Hall–Kier alpha value is -4.46. The molecule has 3 aromatic carbocycles. The number of aromatic amines is 1. The Morgan fingerprint density at radius 1 is 0.944 bits per heavy atom. The molecule has 13 nitrogen and oxygen atoms in total. The molecule has 0 saturated carbocycles. The Kier molecular flexibility index (Phi) is 12.0. The lowest BCUT2D eigenvalue weighted by Crippen LogP contribution is -2.49. The van der Waals surface area contributed by atoms with E-state index < -0.39 is 97.7 Å². The largest absolute Gasteiger partial charge is 0.573 e. The van der Waals surface area contributed by atoms with Gasteiger partial charge in [0.15, 0.2) is 5.75 Å². The number of alkyl halides is 9. The summed E-state index contributed by atoms with van der Waals surface area (Å²) in [4.78, 5) is 29.4. The number of nitrogens with two attached hydrogens (primary N) is 1. The fraction of sp³-hybridized carbons (Fsp3) is 0.276. The molecule has 0 fully saturated rings. The van der Waals surface area contributed by atoms with E-state index in [9.17, 15) is 65.9 Å². The number of esters is 2. The van der Waals surface area contributed by atoms with Crippen molar-refractivity contribution in [1.82, 2.24) is 14.7 Å². The summed E-state index contributed by atoms with van der Waals surface area (Å²) in [5, 5.41) is 5.24. The molecule has 2 unspecified atom stereocenters. The van der Waals surface area contributed by atoms with Crippen LogP contribution < -0.4 is 18.9 Å². The first-order valence-corrected chi connectivity index (χ1v) is 18.4. The molecule has 0 radical (unpaired) electrons. The van der Waals surface area contributed by atoms with Crippen LogP contribution in [-0.4, -0.2) is 57.3 Å². The Morgan fingerprint density at radius 3 is 2.11 bits per heavy atom. The molecule has 1 aromatic heterocycles. The van der Waals surface area contributed by atoms with E-state index in [4.69, 9.17) is 5.14 Å².